The monoisotopic (exact) mass is 303 g/mol. The molecule has 0 aliphatic heterocycles. The molecule has 0 aliphatic carbocycles. The molecule has 0 saturated carbocycles. The number of hydrogen-bond acceptors (Lipinski definition) is 1. The molecule has 0 saturated heterocycles. The molecular weight excluding hydrogens is 290 g/mol. The van der Waals surface area contributed by atoms with Gasteiger partial charge in [0, 0.05) is 36.8 Å². The van der Waals surface area contributed by atoms with Gasteiger partial charge in [0.05, 0.1) is 5.69 Å². The number of rotatable bonds is 1. The van der Waals surface area contributed by atoms with Crippen molar-refractivity contribution < 1.29 is 0 Å². The van der Waals surface area contributed by atoms with Crippen LogP contribution in [0.1, 0.15) is 5.82 Å². The maximum Gasteiger partial charge on any atom is 0.132 e. The van der Waals surface area contributed by atoms with Crippen LogP contribution in [0.2, 0.25) is 0 Å². The third-order valence-electron chi connectivity index (χ3n) is 3.43. The molecule has 18 heavy (non-hydrogen) atoms. The van der Waals surface area contributed by atoms with Gasteiger partial charge in [-0.2, -0.15) is 0 Å². The molecule has 2 heterocycles. The number of para-hydroxylation sites is 1. The van der Waals surface area contributed by atoms with Crippen LogP contribution in [-0.2, 0) is 14.1 Å². The van der Waals surface area contributed by atoms with Crippen LogP contribution in [0.3, 0.4) is 0 Å². The first kappa shape index (κ1) is 11.5. The van der Waals surface area contributed by atoms with E-state index in [0.717, 1.165) is 16.1 Å². The highest BCUT2D eigenvalue weighted by Crippen LogP contribution is 2.34. The minimum atomic E-state index is 0.902. The molecule has 92 valence electrons. The molecule has 0 bridgehead atoms. The SMILES string of the molecule is Cc1nc(Br)c(-c2cn(C)c3ccccc23)n1C. The number of halogens is 1. The predicted molar refractivity (Wildman–Crippen MR) is 77.6 cm³/mol. The Morgan fingerprint density at radius 2 is 1.89 bits per heavy atom. The largest absolute Gasteiger partial charge is 0.350 e. The van der Waals surface area contributed by atoms with Gasteiger partial charge in [0.2, 0.25) is 0 Å². The summed E-state index contributed by atoms with van der Waals surface area (Å²) in [7, 11) is 4.12. The van der Waals surface area contributed by atoms with E-state index in [1.807, 2.05) is 14.0 Å². The molecule has 1 aromatic carbocycles. The average molecular weight is 304 g/mol. The fourth-order valence-corrected chi connectivity index (χ4v) is 3.13. The molecular formula is C14H14BrN3. The van der Waals surface area contributed by atoms with E-state index in [4.69, 9.17) is 0 Å². The topological polar surface area (TPSA) is 22.8 Å². The van der Waals surface area contributed by atoms with Gasteiger partial charge in [-0.05, 0) is 28.9 Å². The Morgan fingerprint density at radius 1 is 1.17 bits per heavy atom. The van der Waals surface area contributed by atoms with Crippen molar-refractivity contribution in [3.05, 3.63) is 40.9 Å². The van der Waals surface area contributed by atoms with Crippen LogP contribution < -0.4 is 0 Å². The Morgan fingerprint density at radius 3 is 2.56 bits per heavy atom. The van der Waals surface area contributed by atoms with Crippen LogP contribution in [0.5, 0.6) is 0 Å². The Hall–Kier alpha value is -1.55. The lowest BCUT2D eigenvalue weighted by Crippen LogP contribution is -1.93. The lowest BCUT2D eigenvalue weighted by Gasteiger charge is -2.02. The van der Waals surface area contributed by atoms with Gasteiger partial charge < -0.3 is 9.13 Å². The van der Waals surface area contributed by atoms with Crippen LogP contribution >= 0.6 is 15.9 Å². The molecule has 0 N–H and O–H groups in total. The summed E-state index contributed by atoms with van der Waals surface area (Å²) < 4.78 is 5.17. The van der Waals surface area contributed by atoms with E-state index < -0.39 is 0 Å². The summed E-state index contributed by atoms with van der Waals surface area (Å²) in [6, 6.07) is 8.42. The van der Waals surface area contributed by atoms with Gasteiger partial charge in [0.25, 0.3) is 0 Å². The van der Waals surface area contributed by atoms with Crippen molar-refractivity contribution in [1.82, 2.24) is 14.1 Å². The summed E-state index contributed by atoms with van der Waals surface area (Å²) in [5, 5.41) is 1.25. The first-order valence-electron chi connectivity index (χ1n) is 5.83. The van der Waals surface area contributed by atoms with E-state index in [0.29, 0.717) is 0 Å². The van der Waals surface area contributed by atoms with E-state index in [9.17, 15) is 0 Å². The van der Waals surface area contributed by atoms with E-state index in [-0.39, 0.29) is 0 Å². The number of hydrogen-bond donors (Lipinski definition) is 0. The highest BCUT2D eigenvalue weighted by Gasteiger charge is 2.16. The molecule has 0 fully saturated rings. The van der Waals surface area contributed by atoms with Gasteiger partial charge in [-0.1, -0.05) is 18.2 Å². The Balaban J connectivity index is 2.39. The molecule has 0 radical (unpaired) electrons. The van der Waals surface area contributed by atoms with Crippen molar-refractivity contribution >= 4 is 26.8 Å². The smallest absolute Gasteiger partial charge is 0.132 e. The minimum Gasteiger partial charge on any atom is -0.350 e. The molecule has 0 unspecified atom stereocenters. The molecule has 3 nitrogen and oxygen atoms in total. The summed E-state index contributed by atoms with van der Waals surface area (Å²) in [6.45, 7) is 2.01. The Kier molecular flexibility index (Phi) is 2.55. The molecule has 4 heteroatoms. The van der Waals surface area contributed by atoms with Gasteiger partial charge in [0.15, 0.2) is 0 Å². The van der Waals surface area contributed by atoms with Crippen LogP contribution in [0.25, 0.3) is 22.2 Å². The standard InChI is InChI=1S/C14H14BrN3/c1-9-16-14(15)13(18(9)3)11-8-17(2)12-7-5-4-6-10(11)12/h4-8H,1-3H3. The lowest BCUT2D eigenvalue weighted by molar-refractivity contribution is 0.864. The van der Waals surface area contributed by atoms with Gasteiger partial charge >= 0.3 is 0 Å². The summed E-state index contributed by atoms with van der Waals surface area (Å²) in [5.41, 5.74) is 3.57. The number of benzene rings is 1. The molecule has 3 rings (SSSR count). The Bertz CT molecular complexity index is 737. The van der Waals surface area contributed by atoms with Crippen LogP contribution in [0.4, 0.5) is 0 Å². The zero-order valence-corrected chi connectivity index (χ0v) is 12.2. The maximum atomic E-state index is 4.47. The quantitative estimate of drug-likeness (QED) is 0.673. The van der Waals surface area contributed by atoms with Crippen molar-refractivity contribution in [3.8, 4) is 11.3 Å². The number of nitrogens with zero attached hydrogens (tertiary/aromatic N) is 3. The van der Waals surface area contributed by atoms with Crippen molar-refractivity contribution in [2.45, 2.75) is 6.92 Å². The molecule has 0 aliphatic rings. The third kappa shape index (κ3) is 1.52. The van der Waals surface area contributed by atoms with Gasteiger partial charge in [-0.3, -0.25) is 0 Å². The van der Waals surface area contributed by atoms with E-state index in [2.05, 4.69) is 67.6 Å². The summed E-state index contributed by atoms with van der Waals surface area (Å²) in [6.07, 6.45) is 2.16. The second-order valence-electron chi connectivity index (χ2n) is 4.53. The van der Waals surface area contributed by atoms with Crippen LogP contribution in [0, 0.1) is 6.92 Å². The van der Waals surface area contributed by atoms with E-state index in [1.54, 1.807) is 0 Å². The normalized spacial score (nSPS) is 11.3. The van der Waals surface area contributed by atoms with Crippen molar-refractivity contribution in [3.63, 3.8) is 0 Å². The van der Waals surface area contributed by atoms with Crippen molar-refractivity contribution in [1.29, 1.82) is 0 Å². The highest BCUT2D eigenvalue weighted by molar-refractivity contribution is 9.10. The van der Waals surface area contributed by atoms with Gasteiger partial charge in [0.1, 0.15) is 10.4 Å². The Labute approximate surface area is 114 Å². The average Bonchev–Trinajstić information content (AvgIpc) is 2.79. The van der Waals surface area contributed by atoms with Crippen molar-refractivity contribution in [2.75, 3.05) is 0 Å². The summed E-state index contributed by atoms with van der Waals surface area (Å²) >= 11 is 3.56. The number of aromatic nitrogens is 3. The van der Waals surface area contributed by atoms with Crippen molar-refractivity contribution in [2.24, 2.45) is 14.1 Å². The summed E-state index contributed by atoms with van der Waals surface area (Å²) in [4.78, 5) is 4.47. The second-order valence-corrected chi connectivity index (χ2v) is 5.28. The fraction of sp³-hybridized carbons (Fsp3) is 0.214. The maximum absolute atomic E-state index is 4.47. The molecule has 0 spiro atoms. The zero-order chi connectivity index (χ0) is 12.9. The zero-order valence-electron chi connectivity index (χ0n) is 10.6. The van der Waals surface area contributed by atoms with Gasteiger partial charge in [-0.25, -0.2) is 4.98 Å². The van der Waals surface area contributed by atoms with Gasteiger partial charge in [-0.15, -0.1) is 0 Å². The number of imidazole rings is 1. The number of aryl methyl sites for hydroxylation is 2. The van der Waals surface area contributed by atoms with Crippen LogP contribution in [-0.4, -0.2) is 14.1 Å². The first-order chi connectivity index (χ1) is 8.59. The minimum absolute atomic E-state index is 0.902. The predicted octanol–water partition coefficient (Wildman–Crippen LogP) is 3.65. The second kappa shape index (κ2) is 3.99. The fourth-order valence-electron chi connectivity index (χ4n) is 2.39. The molecule has 0 atom stereocenters. The molecule has 2 aromatic heterocycles. The summed E-state index contributed by atoms with van der Waals surface area (Å²) in [5.74, 6) is 1.00. The highest BCUT2D eigenvalue weighted by atomic mass is 79.9. The first-order valence-corrected chi connectivity index (χ1v) is 6.62. The number of fused-ring (bicyclic) bond motifs is 1. The third-order valence-corrected chi connectivity index (χ3v) is 3.98. The lowest BCUT2D eigenvalue weighted by atomic mass is 10.1. The van der Waals surface area contributed by atoms with E-state index in [1.165, 1.54) is 16.5 Å². The molecule has 3 aromatic rings. The van der Waals surface area contributed by atoms with Crippen LogP contribution in [0.15, 0.2) is 35.1 Å². The van der Waals surface area contributed by atoms with E-state index >= 15 is 0 Å². The molecule has 0 amide bonds.